The molecule has 0 atom stereocenters. The van der Waals surface area contributed by atoms with E-state index in [0.29, 0.717) is 6.42 Å². The summed E-state index contributed by atoms with van der Waals surface area (Å²) < 4.78 is 0. The first-order valence-electron chi connectivity index (χ1n) is 6.91. The minimum Gasteiger partial charge on any atom is -0.356 e. The van der Waals surface area contributed by atoms with Gasteiger partial charge in [0.2, 0.25) is 5.91 Å². The summed E-state index contributed by atoms with van der Waals surface area (Å²) in [5.41, 5.74) is 4.12. The van der Waals surface area contributed by atoms with Crippen LogP contribution in [0.1, 0.15) is 25.3 Å². The van der Waals surface area contributed by atoms with Gasteiger partial charge < -0.3 is 10.6 Å². The van der Waals surface area contributed by atoms with Crippen LogP contribution in [0.25, 0.3) is 0 Å². The first-order valence-corrected chi connectivity index (χ1v) is 6.91. The van der Waals surface area contributed by atoms with Crippen LogP contribution in [0.3, 0.4) is 0 Å². The molecule has 2 N–H and O–H groups in total. The standard InChI is InChI=1S/C17H20N2O/c1-3-5-17(20)19-15-10-8-14(9-11-15)18-16-7-4-6-13(2)12-16/h4,6-12,18H,3,5H2,1-2H3,(H,19,20). The molecule has 0 radical (unpaired) electrons. The molecule has 0 aliphatic heterocycles. The first-order chi connectivity index (χ1) is 9.67. The Balaban J connectivity index is 1.99. The second-order valence-corrected chi connectivity index (χ2v) is 4.87. The van der Waals surface area contributed by atoms with E-state index in [2.05, 4.69) is 29.7 Å². The van der Waals surface area contributed by atoms with Gasteiger partial charge in [0, 0.05) is 23.5 Å². The number of hydrogen-bond acceptors (Lipinski definition) is 2. The van der Waals surface area contributed by atoms with E-state index in [-0.39, 0.29) is 5.91 Å². The van der Waals surface area contributed by atoms with E-state index in [1.165, 1.54) is 5.56 Å². The van der Waals surface area contributed by atoms with Crippen molar-refractivity contribution in [1.82, 2.24) is 0 Å². The average molecular weight is 268 g/mol. The number of nitrogens with one attached hydrogen (secondary N) is 2. The van der Waals surface area contributed by atoms with Crippen molar-refractivity contribution < 1.29 is 4.79 Å². The van der Waals surface area contributed by atoms with Crippen molar-refractivity contribution >= 4 is 23.0 Å². The van der Waals surface area contributed by atoms with Crippen LogP contribution in [0, 0.1) is 6.92 Å². The van der Waals surface area contributed by atoms with Gasteiger partial charge in [0.25, 0.3) is 0 Å². The Morgan fingerprint density at radius 3 is 2.35 bits per heavy atom. The van der Waals surface area contributed by atoms with Crippen LogP contribution in [-0.4, -0.2) is 5.91 Å². The third-order valence-corrected chi connectivity index (χ3v) is 2.95. The number of amides is 1. The van der Waals surface area contributed by atoms with Gasteiger partial charge in [-0.3, -0.25) is 4.79 Å². The molecule has 2 rings (SSSR count). The smallest absolute Gasteiger partial charge is 0.224 e. The van der Waals surface area contributed by atoms with Crippen LogP contribution in [0.4, 0.5) is 17.1 Å². The summed E-state index contributed by atoms with van der Waals surface area (Å²) >= 11 is 0. The fraction of sp³-hybridized carbons (Fsp3) is 0.235. The summed E-state index contributed by atoms with van der Waals surface area (Å²) in [6, 6.07) is 16.0. The Bertz CT molecular complexity index is 576. The summed E-state index contributed by atoms with van der Waals surface area (Å²) in [6.07, 6.45) is 1.42. The van der Waals surface area contributed by atoms with E-state index in [0.717, 1.165) is 23.5 Å². The molecule has 0 unspecified atom stereocenters. The highest BCUT2D eigenvalue weighted by Crippen LogP contribution is 2.19. The maximum atomic E-state index is 11.5. The molecule has 3 heteroatoms. The summed E-state index contributed by atoms with van der Waals surface area (Å²) in [5.74, 6) is 0.0619. The maximum absolute atomic E-state index is 11.5. The van der Waals surface area contributed by atoms with E-state index >= 15 is 0 Å². The number of anilines is 3. The summed E-state index contributed by atoms with van der Waals surface area (Å²) in [6.45, 7) is 4.06. The molecule has 2 aromatic rings. The van der Waals surface area contributed by atoms with Crippen molar-refractivity contribution in [3.8, 4) is 0 Å². The molecule has 0 heterocycles. The number of rotatable bonds is 5. The van der Waals surface area contributed by atoms with Gasteiger partial charge in [-0.05, 0) is 55.3 Å². The zero-order valence-electron chi connectivity index (χ0n) is 11.9. The van der Waals surface area contributed by atoms with Crippen molar-refractivity contribution in [3.05, 3.63) is 54.1 Å². The predicted octanol–water partition coefficient (Wildman–Crippen LogP) is 4.48. The van der Waals surface area contributed by atoms with E-state index in [4.69, 9.17) is 0 Å². The molecule has 0 saturated heterocycles. The predicted molar refractivity (Wildman–Crippen MR) is 84.4 cm³/mol. The van der Waals surface area contributed by atoms with Crippen molar-refractivity contribution in [2.75, 3.05) is 10.6 Å². The van der Waals surface area contributed by atoms with Crippen LogP contribution in [0.2, 0.25) is 0 Å². The summed E-state index contributed by atoms with van der Waals surface area (Å²) in [7, 11) is 0. The van der Waals surface area contributed by atoms with Gasteiger partial charge in [-0.2, -0.15) is 0 Å². The second kappa shape index (κ2) is 6.75. The van der Waals surface area contributed by atoms with Gasteiger partial charge in [0.1, 0.15) is 0 Å². The molecule has 0 fully saturated rings. The Kier molecular flexibility index (Phi) is 4.77. The van der Waals surface area contributed by atoms with E-state index in [1.54, 1.807) is 0 Å². The molecule has 20 heavy (non-hydrogen) atoms. The topological polar surface area (TPSA) is 41.1 Å². The maximum Gasteiger partial charge on any atom is 0.224 e. The number of aryl methyl sites for hydroxylation is 1. The lowest BCUT2D eigenvalue weighted by Crippen LogP contribution is -2.10. The molecule has 0 saturated carbocycles. The lowest BCUT2D eigenvalue weighted by Gasteiger charge is -2.09. The quantitative estimate of drug-likeness (QED) is 0.839. The molecule has 0 aliphatic rings. The highest BCUT2D eigenvalue weighted by Gasteiger charge is 2.01. The van der Waals surface area contributed by atoms with Crippen molar-refractivity contribution in [3.63, 3.8) is 0 Å². The van der Waals surface area contributed by atoms with Gasteiger partial charge in [-0.15, -0.1) is 0 Å². The van der Waals surface area contributed by atoms with Gasteiger partial charge in [-0.25, -0.2) is 0 Å². The summed E-state index contributed by atoms with van der Waals surface area (Å²) in [4.78, 5) is 11.5. The zero-order valence-corrected chi connectivity index (χ0v) is 11.9. The Hall–Kier alpha value is -2.29. The fourth-order valence-electron chi connectivity index (χ4n) is 1.98. The fourth-order valence-corrected chi connectivity index (χ4v) is 1.98. The first kappa shape index (κ1) is 14.1. The van der Waals surface area contributed by atoms with Gasteiger partial charge >= 0.3 is 0 Å². The van der Waals surface area contributed by atoms with Crippen molar-refractivity contribution in [2.45, 2.75) is 26.7 Å². The highest BCUT2D eigenvalue weighted by molar-refractivity contribution is 5.90. The lowest BCUT2D eigenvalue weighted by molar-refractivity contribution is -0.116. The molecule has 2 aromatic carbocycles. The average Bonchev–Trinajstić information content (AvgIpc) is 2.41. The molecule has 0 aliphatic carbocycles. The Morgan fingerprint density at radius 1 is 1.00 bits per heavy atom. The monoisotopic (exact) mass is 268 g/mol. The molecule has 104 valence electrons. The molecule has 0 aromatic heterocycles. The molecule has 0 spiro atoms. The number of benzene rings is 2. The molecular formula is C17H20N2O. The van der Waals surface area contributed by atoms with Crippen molar-refractivity contribution in [2.24, 2.45) is 0 Å². The minimum absolute atomic E-state index is 0.0619. The van der Waals surface area contributed by atoms with Gasteiger partial charge in [0.15, 0.2) is 0 Å². The normalized spacial score (nSPS) is 10.1. The highest BCUT2D eigenvalue weighted by atomic mass is 16.1. The van der Waals surface area contributed by atoms with E-state index in [9.17, 15) is 4.79 Å². The Morgan fingerprint density at radius 2 is 1.70 bits per heavy atom. The molecule has 1 amide bonds. The zero-order chi connectivity index (χ0) is 14.4. The van der Waals surface area contributed by atoms with Crippen LogP contribution < -0.4 is 10.6 Å². The van der Waals surface area contributed by atoms with Crippen LogP contribution in [0.5, 0.6) is 0 Å². The van der Waals surface area contributed by atoms with E-state index < -0.39 is 0 Å². The third-order valence-electron chi connectivity index (χ3n) is 2.95. The Labute approximate surface area is 120 Å². The second-order valence-electron chi connectivity index (χ2n) is 4.87. The van der Waals surface area contributed by atoms with Gasteiger partial charge in [-0.1, -0.05) is 19.1 Å². The van der Waals surface area contributed by atoms with Crippen LogP contribution in [0.15, 0.2) is 48.5 Å². The number of carbonyl (C=O) groups is 1. The minimum atomic E-state index is 0.0619. The third kappa shape index (κ3) is 4.12. The lowest BCUT2D eigenvalue weighted by atomic mass is 10.2. The molecule has 3 nitrogen and oxygen atoms in total. The summed E-state index contributed by atoms with van der Waals surface area (Å²) in [5, 5.41) is 6.21. The van der Waals surface area contributed by atoms with E-state index in [1.807, 2.05) is 43.3 Å². The SMILES string of the molecule is CCCC(=O)Nc1ccc(Nc2cccc(C)c2)cc1. The number of hydrogen-bond donors (Lipinski definition) is 2. The van der Waals surface area contributed by atoms with Gasteiger partial charge in [0.05, 0.1) is 0 Å². The van der Waals surface area contributed by atoms with Crippen LogP contribution in [-0.2, 0) is 4.79 Å². The largest absolute Gasteiger partial charge is 0.356 e. The molecular weight excluding hydrogens is 248 g/mol. The molecule has 0 bridgehead atoms. The van der Waals surface area contributed by atoms with Crippen LogP contribution >= 0.6 is 0 Å². The number of carbonyl (C=O) groups excluding carboxylic acids is 1. The van der Waals surface area contributed by atoms with Crippen molar-refractivity contribution in [1.29, 1.82) is 0 Å².